The van der Waals surface area contributed by atoms with Crippen molar-refractivity contribution in [2.45, 2.75) is 83.3 Å². The standard InChI is InChI=1S/C29H39FN4O3/c1-20-6-5-8-23(21(20)2)22-10-14-32(15-11-22)26(35)18-34-25-9-4-3-7-24(25)27(31-34)28(36)33-16-12-29(37,19-30)13-17-33/h5-6,8,22,37H,3-4,7,9-19H2,1-2H3. The van der Waals surface area contributed by atoms with Gasteiger partial charge in [-0.05, 0) is 87.8 Å². The average Bonchev–Trinajstić information content (AvgIpc) is 3.28. The van der Waals surface area contributed by atoms with E-state index in [2.05, 4.69) is 37.1 Å². The third-order valence-electron chi connectivity index (χ3n) is 8.91. The van der Waals surface area contributed by atoms with Crippen LogP contribution in [-0.4, -0.2) is 75.0 Å². The fourth-order valence-electron chi connectivity index (χ4n) is 6.27. The lowest BCUT2D eigenvalue weighted by Gasteiger charge is -2.36. The molecule has 0 spiro atoms. The van der Waals surface area contributed by atoms with Crippen molar-refractivity contribution in [3.8, 4) is 0 Å². The molecule has 2 amide bonds. The molecule has 37 heavy (non-hydrogen) atoms. The lowest BCUT2D eigenvalue weighted by molar-refractivity contribution is -0.133. The van der Waals surface area contributed by atoms with Gasteiger partial charge in [0.25, 0.3) is 5.91 Å². The highest BCUT2D eigenvalue weighted by Gasteiger charge is 2.36. The third kappa shape index (κ3) is 5.17. The maximum absolute atomic E-state index is 13.4. The number of aryl methyl sites for hydroxylation is 1. The molecule has 0 radical (unpaired) electrons. The van der Waals surface area contributed by atoms with Gasteiger partial charge in [-0.15, -0.1) is 0 Å². The predicted molar refractivity (Wildman–Crippen MR) is 139 cm³/mol. The molecular formula is C29H39FN4O3. The number of piperidine rings is 2. The summed E-state index contributed by atoms with van der Waals surface area (Å²) in [7, 11) is 0. The highest BCUT2D eigenvalue weighted by atomic mass is 19.1. The summed E-state index contributed by atoms with van der Waals surface area (Å²) in [6.07, 6.45) is 6.00. The van der Waals surface area contributed by atoms with Gasteiger partial charge < -0.3 is 14.9 Å². The Morgan fingerprint density at radius 3 is 2.46 bits per heavy atom. The van der Waals surface area contributed by atoms with Gasteiger partial charge in [0.05, 0.1) is 5.60 Å². The highest BCUT2D eigenvalue weighted by Crippen LogP contribution is 2.32. The summed E-state index contributed by atoms with van der Waals surface area (Å²) in [6.45, 7) is 5.80. The van der Waals surface area contributed by atoms with Crippen LogP contribution in [0.1, 0.15) is 82.9 Å². The van der Waals surface area contributed by atoms with E-state index in [1.54, 1.807) is 9.58 Å². The Hall–Kier alpha value is -2.74. The van der Waals surface area contributed by atoms with Crippen LogP contribution in [0.2, 0.25) is 0 Å². The Morgan fingerprint density at radius 2 is 1.76 bits per heavy atom. The molecule has 1 aromatic carbocycles. The number of hydrogen-bond acceptors (Lipinski definition) is 4. The zero-order valence-electron chi connectivity index (χ0n) is 22.1. The van der Waals surface area contributed by atoms with Gasteiger partial charge in [0, 0.05) is 37.4 Å². The molecule has 1 N–H and O–H groups in total. The molecule has 0 bridgehead atoms. The van der Waals surface area contributed by atoms with Crippen LogP contribution in [0, 0.1) is 13.8 Å². The molecule has 2 aliphatic heterocycles. The Balaban J connectivity index is 1.26. The van der Waals surface area contributed by atoms with Crippen LogP contribution < -0.4 is 0 Å². The molecule has 0 saturated carbocycles. The van der Waals surface area contributed by atoms with Gasteiger partial charge in [-0.2, -0.15) is 5.10 Å². The van der Waals surface area contributed by atoms with Crippen molar-refractivity contribution in [3.05, 3.63) is 51.8 Å². The van der Waals surface area contributed by atoms with E-state index in [0.717, 1.165) is 62.9 Å². The van der Waals surface area contributed by atoms with Crippen LogP contribution in [0.4, 0.5) is 4.39 Å². The second-order valence-electron chi connectivity index (χ2n) is 11.2. The van der Waals surface area contributed by atoms with Gasteiger partial charge in [0.2, 0.25) is 5.91 Å². The molecule has 3 heterocycles. The van der Waals surface area contributed by atoms with E-state index in [1.165, 1.54) is 16.7 Å². The second-order valence-corrected chi connectivity index (χ2v) is 11.2. The topological polar surface area (TPSA) is 78.7 Å². The van der Waals surface area contributed by atoms with Crippen molar-refractivity contribution in [2.24, 2.45) is 0 Å². The quantitative estimate of drug-likeness (QED) is 0.665. The maximum atomic E-state index is 13.4. The smallest absolute Gasteiger partial charge is 0.274 e. The minimum absolute atomic E-state index is 0.0558. The number of carbonyl (C=O) groups excluding carboxylic acids is 2. The normalized spacial score (nSPS) is 20.1. The Kier molecular flexibility index (Phi) is 7.39. The van der Waals surface area contributed by atoms with Gasteiger partial charge >= 0.3 is 0 Å². The molecule has 1 aromatic heterocycles. The first-order valence-electron chi connectivity index (χ1n) is 13.8. The lowest BCUT2D eigenvalue weighted by atomic mass is 9.85. The van der Waals surface area contributed by atoms with E-state index in [0.29, 0.717) is 24.7 Å². The molecule has 1 aliphatic carbocycles. The number of carbonyl (C=O) groups is 2. The third-order valence-corrected chi connectivity index (χ3v) is 8.91. The van der Waals surface area contributed by atoms with E-state index >= 15 is 0 Å². The molecule has 3 aliphatic rings. The summed E-state index contributed by atoms with van der Waals surface area (Å²) in [5.74, 6) is 0.366. The van der Waals surface area contributed by atoms with Crippen LogP contribution >= 0.6 is 0 Å². The SMILES string of the molecule is Cc1cccc(C2CCN(C(=O)Cn3nc(C(=O)N4CCC(O)(CF)CC4)c4c3CCCC4)CC2)c1C. The number of nitrogens with zero attached hydrogens (tertiary/aromatic N) is 4. The molecule has 200 valence electrons. The fraction of sp³-hybridized carbons (Fsp3) is 0.621. The van der Waals surface area contributed by atoms with E-state index in [1.807, 2.05) is 4.90 Å². The van der Waals surface area contributed by atoms with Crippen LogP contribution in [0.3, 0.4) is 0 Å². The van der Waals surface area contributed by atoms with Crippen molar-refractivity contribution < 1.29 is 19.1 Å². The lowest BCUT2D eigenvalue weighted by Crippen LogP contribution is -2.48. The first-order chi connectivity index (χ1) is 17.8. The number of fused-ring (bicyclic) bond motifs is 1. The van der Waals surface area contributed by atoms with E-state index < -0.39 is 12.3 Å². The highest BCUT2D eigenvalue weighted by molar-refractivity contribution is 5.94. The molecule has 8 heteroatoms. The number of likely N-dealkylation sites (tertiary alicyclic amines) is 2. The molecule has 0 atom stereocenters. The zero-order chi connectivity index (χ0) is 26.2. The Bertz CT molecular complexity index is 1160. The summed E-state index contributed by atoms with van der Waals surface area (Å²) < 4.78 is 14.9. The van der Waals surface area contributed by atoms with Crippen molar-refractivity contribution in [1.29, 1.82) is 0 Å². The van der Waals surface area contributed by atoms with Crippen molar-refractivity contribution in [1.82, 2.24) is 19.6 Å². The second kappa shape index (κ2) is 10.6. The number of aromatic nitrogens is 2. The predicted octanol–water partition coefficient (Wildman–Crippen LogP) is 3.72. The van der Waals surface area contributed by atoms with Crippen molar-refractivity contribution >= 4 is 11.8 Å². The van der Waals surface area contributed by atoms with E-state index in [-0.39, 0.29) is 31.2 Å². The van der Waals surface area contributed by atoms with E-state index in [4.69, 9.17) is 0 Å². The maximum Gasteiger partial charge on any atom is 0.274 e. The van der Waals surface area contributed by atoms with Gasteiger partial charge in [-0.3, -0.25) is 14.3 Å². The number of amides is 2. The van der Waals surface area contributed by atoms with Crippen LogP contribution in [-0.2, 0) is 24.2 Å². The summed E-state index contributed by atoms with van der Waals surface area (Å²) in [6, 6.07) is 6.50. The van der Waals surface area contributed by atoms with Crippen molar-refractivity contribution in [3.63, 3.8) is 0 Å². The molecule has 2 aromatic rings. The number of hydrogen-bond donors (Lipinski definition) is 1. The average molecular weight is 511 g/mol. The minimum atomic E-state index is -1.33. The van der Waals surface area contributed by atoms with Gasteiger partial charge in [-0.1, -0.05) is 18.2 Å². The number of alkyl halides is 1. The van der Waals surface area contributed by atoms with Gasteiger partial charge in [0.15, 0.2) is 5.69 Å². The molecule has 2 fully saturated rings. The number of halogens is 1. The largest absolute Gasteiger partial charge is 0.387 e. The Morgan fingerprint density at radius 1 is 1.05 bits per heavy atom. The van der Waals surface area contributed by atoms with Crippen LogP contribution in [0.15, 0.2) is 18.2 Å². The fourth-order valence-corrected chi connectivity index (χ4v) is 6.27. The first kappa shape index (κ1) is 25.9. The van der Waals surface area contributed by atoms with Gasteiger partial charge in [-0.25, -0.2) is 4.39 Å². The zero-order valence-corrected chi connectivity index (χ0v) is 22.1. The Labute approximate surface area is 218 Å². The van der Waals surface area contributed by atoms with Crippen LogP contribution in [0.5, 0.6) is 0 Å². The minimum Gasteiger partial charge on any atom is -0.387 e. The first-order valence-corrected chi connectivity index (χ1v) is 13.8. The van der Waals surface area contributed by atoms with Crippen molar-refractivity contribution in [2.75, 3.05) is 32.9 Å². The molecule has 7 nitrogen and oxygen atoms in total. The molecule has 2 saturated heterocycles. The summed E-state index contributed by atoms with van der Waals surface area (Å²) >= 11 is 0. The summed E-state index contributed by atoms with van der Waals surface area (Å²) in [5, 5.41) is 14.9. The molecule has 0 unspecified atom stereocenters. The number of aliphatic hydroxyl groups is 1. The van der Waals surface area contributed by atoms with Crippen LogP contribution in [0.25, 0.3) is 0 Å². The van der Waals surface area contributed by atoms with E-state index in [9.17, 15) is 19.1 Å². The summed E-state index contributed by atoms with van der Waals surface area (Å²) in [5.41, 5.74) is 5.14. The monoisotopic (exact) mass is 510 g/mol. The summed E-state index contributed by atoms with van der Waals surface area (Å²) in [4.78, 5) is 30.3. The van der Waals surface area contributed by atoms with Gasteiger partial charge in [0.1, 0.15) is 13.2 Å². The molecular weight excluding hydrogens is 471 g/mol. The number of rotatable bonds is 5. The molecule has 5 rings (SSSR count). The number of benzene rings is 1.